The van der Waals surface area contributed by atoms with Crippen molar-refractivity contribution in [3.8, 4) is 5.75 Å². The van der Waals surface area contributed by atoms with Gasteiger partial charge in [-0.2, -0.15) is 0 Å². The number of unbranched alkanes of at least 4 members (excludes halogenated alkanes) is 1. The third-order valence-corrected chi connectivity index (χ3v) is 7.52. The van der Waals surface area contributed by atoms with Gasteiger partial charge in [0, 0.05) is 5.39 Å². The van der Waals surface area contributed by atoms with Crippen molar-refractivity contribution in [3.63, 3.8) is 0 Å². The van der Waals surface area contributed by atoms with Crippen LogP contribution in [0.15, 0.2) is 36.9 Å². The van der Waals surface area contributed by atoms with E-state index in [1.165, 1.54) is 51.0 Å². The molecule has 4 rings (SSSR count). The maximum atomic E-state index is 15.1. The Hall–Kier alpha value is -1.90. The first kappa shape index (κ1) is 21.3. The molecule has 0 bridgehead atoms. The molecular weight excluding hydrogens is 378 g/mol. The molecule has 4 unspecified atom stereocenters. The zero-order valence-corrected chi connectivity index (χ0v) is 18.1. The Morgan fingerprint density at radius 2 is 1.87 bits per heavy atom. The monoisotopic (exact) mass is 412 g/mol. The van der Waals surface area contributed by atoms with E-state index in [0.717, 1.165) is 41.5 Å². The van der Waals surface area contributed by atoms with Crippen LogP contribution in [0.2, 0.25) is 0 Å². The van der Waals surface area contributed by atoms with Crippen LogP contribution in [0.1, 0.15) is 76.2 Å². The second kappa shape index (κ2) is 9.49. The Bertz CT molecular complexity index is 890. The molecule has 2 fully saturated rings. The molecule has 0 spiro atoms. The fourth-order valence-corrected chi connectivity index (χ4v) is 5.90. The van der Waals surface area contributed by atoms with Crippen LogP contribution >= 0.6 is 0 Å². The summed E-state index contributed by atoms with van der Waals surface area (Å²) in [6, 6.07) is 6.72. The van der Waals surface area contributed by atoms with Crippen molar-refractivity contribution in [1.82, 2.24) is 0 Å². The Balaban J connectivity index is 1.50. The predicted molar refractivity (Wildman–Crippen MR) is 120 cm³/mol. The van der Waals surface area contributed by atoms with Crippen molar-refractivity contribution in [1.29, 1.82) is 0 Å². The quantitative estimate of drug-likeness (QED) is 0.417. The minimum absolute atomic E-state index is 0.148. The van der Waals surface area contributed by atoms with Gasteiger partial charge in [0.1, 0.15) is 12.4 Å². The molecule has 3 heteroatoms. The molecule has 162 valence electrons. The summed E-state index contributed by atoms with van der Waals surface area (Å²) in [5.74, 6) is 2.08. The first-order valence-electron chi connectivity index (χ1n) is 11.8. The van der Waals surface area contributed by atoms with E-state index in [-0.39, 0.29) is 24.1 Å². The van der Waals surface area contributed by atoms with E-state index in [4.69, 9.17) is 4.74 Å². The number of rotatable bonds is 7. The van der Waals surface area contributed by atoms with Crippen molar-refractivity contribution in [2.24, 2.45) is 17.8 Å². The van der Waals surface area contributed by atoms with Crippen LogP contribution in [0.25, 0.3) is 10.8 Å². The van der Waals surface area contributed by atoms with Crippen LogP contribution in [0, 0.1) is 29.4 Å². The fraction of sp³-hybridized carbons (Fsp3) is 0.556. The second-order valence-corrected chi connectivity index (χ2v) is 9.42. The van der Waals surface area contributed by atoms with E-state index >= 15 is 4.39 Å². The minimum atomic E-state index is -0.492. The topological polar surface area (TPSA) is 9.23 Å². The maximum absolute atomic E-state index is 15.1. The van der Waals surface area contributed by atoms with Crippen molar-refractivity contribution >= 4 is 10.8 Å². The highest BCUT2D eigenvalue weighted by molar-refractivity contribution is 5.85. The molecule has 0 N–H and O–H groups in total. The second-order valence-electron chi connectivity index (χ2n) is 9.42. The average Bonchev–Trinajstić information content (AvgIpc) is 2.77. The summed E-state index contributed by atoms with van der Waals surface area (Å²) in [4.78, 5) is 0. The van der Waals surface area contributed by atoms with Gasteiger partial charge in [-0.3, -0.25) is 0 Å². The lowest BCUT2D eigenvalue weighted by molar-refractivity contribution is 0.112. The summed E-state index contributed by atoms with van der Waals surface area (Å²) in [6.45, 7) is 6.09. The van der Waals surface area contributed by atoms with Crippen molar-refractivity contribution in [3.05, 3.63) is 54.1 Å². The standard InChI is InChI=1S/C27H34F2O/c1-3-5-6-18-7-8-20-15-21(10-9-19(20)14-18)23-16-22-11-12-26(30-13-4-2)27(29)24(22)17-25(23)28/h4,11-12,16-21H,2-3,5-10,13-15H2,1H3. The normalized spacial score (nSPS) is 26.4. The summed E-state index contributed by atoms with van der Waals surface area (Å²) in [5.41, 5.74) is 0.771. The van der Waals surface area contributed by atoms with Gasteiger partial charge < -0.3 is 4.74 Å². The van der Waals surface area contributed by atoms with Crippen LogP contribution in [-0.4, -0.2) is 6.61 Å². The van der Waals surface area contributed by atoms with Crippen molar-refractivity contribution in [2.75, 3.05) is 6.61 Å². The molecule has 0 amide bonds. The molecule has 0 aliphatic heterocycles. The molecule has 0 radical (unpaired) electrons. The van der Waals surface area contributed by atoms with Crippen LogP contribution in [0.5, 0.6) is 5.75 Å². The highest BCUT2D eigenvalue weighted by atomic mass is 19.1. The summed E-state index contributed by atoms with van der Waals surface area (Å²) < 4.78 is 35.2. The molecule has 2 aromatic rings. The van der Waals surface area contributed by atoms with Crippen LogP contribution < -0.4 is 4.74 Å². The molecule has 2 aliphatic rings. The lowest BCUT2D eigenvalue weighted by Crippen LogP contribution is -2.30. The summed E-state index contributed by atoms with van der Waals surface area (Å²) in [6.07, 6.45) is 12.9. The zero-order valence-electron chi connectivity index (χ0n) is 18.1. The summed E-state index contributed by atoms with van der Waals surface area (Å²) >= 11 is 0. The van der Waals surface area contributed by atoms with Gasteiger partial charge in [-0.1, -0.05) is 51.3 Å². The third kappa shape index (κ3) is 4.40. The van der Waals surface area contributed by atoms with E-state index in [2.05, 4.69) is 13.5 Å². The fourth-order valence-electron chi connectivity index (χ4n) is 5.90. The predicted octanol–water partition coefficient (Wildman–Crippen LogP) is 8.17. The molecule has 2 saturated carbocycles. The molecule has 4 atom stereocenters. The van der Waals surface area contributed by atoms with Crippen LogP contribution in [-0.2, 0) is 0 Å². The van der Waals surface area contributed by atoms with Crippen molar-refractivity contribution in [2.45, 2.75) is 70.6 Å². The molecule has 2 aromatic carbocycles. The van der Waals surface area contributed by atoms with Crippen LogP contribution in [0.3, 0.4) is 0 Å². The van der Waals surface area contributed by atoms with Gasteiger partial charge in [-0.05, 0) is 84.9 Å². The van der Waals surface area contributed by atoms with Gasteiger partial charge in [0.15, 0.2) is 11.6 Å². The number of hydrogen-bond acceptors (Lipinski definition) is 1. The molecule has 30 heavy (non-hydrogen) atoms. The van der Waals surface area contributed by atoms with Gasteiger partial charge in [-0.15, -0.1) is 0 Å². The molecule has 0 saturated heterocycles. The Kier molecular flexibility index (Phi) is 6.75. The first-order chi connectivity index (χ1) is 14.6. The third-order valence-electron chi connectivity index (χ3n) is 7.52. The largest absolute Gasteiger partial charge is 0.486 e. The number of halogens is 2. The van der Waals surface area contributed by atoms with Gasteiger partial charge in [0.25, 0.3) is 0 Å². The van der Waals surface area contributed by atoms with Crippen LogP contribution in [0.4, 0.5) is 8.78 Å². The average molecular weight is 413 g/mol. The Morgan fingerprint density at radius 3 is 2.67 bits per heavy atom. The van der Waals surface area contributed by atoms with E-state index in [1.807, 2.05) is 12.1 Å². The number of ether oxygens (including phenoxy) is 1. The summed E-state index contributed by atoms with van der Waals surface area (Å²) in [7, 11) is 0. The van der Waals surface area contributed by atoms with E-state index in [9.17, 15) is 4.39 Å². The van der Waals surface area contributed by atoms with E-state index in [0.29, 0.717) is 5.39 Å². The van der Waals surface area contributed by atoms with E-state index in [1.54, 1.807) is 12.1 Å². The highest BCUT2D eigenvalue weighted by Crippen LogP contribution is 2.49. The first-order valence-corrected chi connectivity index (χ1v) is 11.8. The Morgan fingerprint density at radius 1 is 1.07 bits per heavy atom. The molecular formula is C27H34F2O. The number of fused-ring (bicyclic) bond motifs is 2. The molecule has 1 nitrogen and oxygen atoms in total. The smallest absolute Gasteiger partial charge is 0.172 e. The maximum Gasteiger partial charge on any atom is 0.172 e. The molecule has 0 heterocycles. The minimum Gasteiger partial charge on any atom is -0.486 e. The van der Waals surface area contributed by atoms with Gasteiger partial charge >= 0.3 is 0 Å². The van der Waals surface area contributed by atoms with Gasteiger partial charge in [0.2, 0.25) is 0 Å². The summed E-state index contributed by atoms with van der Waals surface area (Å²) in [5, 5.41) is 1.04. The molecule has 0 aromatic heterocycles. The van der Waals surface area contributed by atoms with Gasteiger partial charge in [-0.25, -0.2) is 8.78 Å². The van der Waals surface area contributed by atoms with Gasteiger partial charge in [0.05, 0.1) is 0 Å². The Labute approximate surface area is 179 Å². The highest BCUT2D eigenvalue weighted by Gasteiger charge is 2.36. The SMILES string of the molecule is C=CCOc1ccc2cc(C3CCC4CC(CCCC)CCC4C3)c(F)cc2c1F. The number of hydrogen-bond donors (Lipinski definition) is 0. The lowest BCUT2D eigenvalue weighted by atomic mass is 9.63. The number of benzene rings is 2. The van der Waals surface area contributed by atoms with Crippen molar-refractivity contribution < 1.29 is 13.5 Å². The zero-order chi connectivity index (χ0) is 21.1. The molecule has 2 aliphatic carbocycles. The van der Waals surface area contributed by atoms with E-state index < -0.39 is 5.82 Å². The lowest BCUT2D eigenvalue weighted by Gasteiger charge is -2.42.